The number of halogens is 1. The van der Waals surface area contributed by atoms with Crippen LogP contribution in [0.5, 0.6) is 0 Å². The molecule has 1 aliphatic rings. The molecule has 3 aromatic rings. The second-order valence-electron chi connectivity index (χ2n) is 8.55. The van der Waals surface area contributed by atoms with E-state index in [0.717, 1.165) is 21.7 Å². The summed E-state index contributed by atoms with van der Waals surface area (Å²) in [5.41, 5.74) is 3.96. The maximum absolute atomic E-state index is 13.4. The van der Waals surface area contributed by atoms with Crippen LogP contribution in [0.2, 0.25) is 5.02 Å². The monoisotopic (exact) mass is 450 g/mol. The van der Waals surface area contributed by atoms with Crippen molar-refractivity contribution in [3.05, 3.63) is 86.7 Å². The van der Waals surface area contributed by atoms with Crippen LogP contribution in [0.3, 0.4) is 0 Å². The van der Waals surface area contributed by atoms with Crippen LogP contribution in [0.1, 0.15) is 36.8 Å². The molecule has 0 atom stereocenters. The molecule has 0 spiro atoms. The van der Waals surface area contributed by atoms with Crippen molar-refractivity contribution in [2.75, 3.05) is 10.2 Å². The van der Waals surface area contributed by atoms with E-state index in [0.29, 0.717) is 16.3 Å². The number of amides is 2. The molecule has 0 radical (unpaired) electrons. The van der Waals surface area contributed by atoms with Crippen molar-refractivity contribution in [3.63, 3.8) is 0 Å². The summed E-state index contributed by atoms with van der Waals surface area (Å²) in [4.78, 5) is 28.9. The first-order chi connectivity index (χ1) is 14.7. The van der Waals surface area contributed by atoms with Gasteiger partial charge >= 0.3 is 0 Å². The van der Waals surface area contributed by atoms with Gasteiger partial charge in [0, 0.05) is 15.6 Å². The minimum Gasteiger partial charge on any atom is -0.350 e. The fourth-order valence-corrected chi connectivity index (χ4v) is 4.54. The Bertz CT molecular complexity index is 1190. The minimum atomic E-state index is -0.369. The van der Waals surface area contributed by atoms with Crippen molar-refractivity contribution in [2.45, 2.75) is 33.1 Å². The predicted molar refractivity (Wildman–Crippen MR) is 129 cm³/mol. The lowest BCUT2D eigenvalue weighted by atomic mass is 9.87. The van der Waals surface area contributed by atoms with Gasteiger partial charge in [-0.2, -0.15) is 0 Å². The Morgan fingerprint density at radius 1 is 0.968 bits per heavy atom. The summed E-state index contributed by atoms with van der Waals surface area (Å²) in [6.07, 6.45) is 0. The van der Waals surface area contributed by atoms with Gasteiger partial charge in [0.25, 0.3) is 11.8 Å². The number of thiophene rings is 1. The van der Waals surface area contributed by atoms with Crippen molar-refractivity contribution < 1.29 is 9.59 Å². The number of rotatable bonds is 4. The highest BCUT2D eigenvalue weighted by Gasteiger charge is 2.40. The van der Waals surface area contributed by atoms with Gasteiger partial charge in [-0.1, -0.05) is 50.6 Å². The highest BCUT2D eigenvalue weighted by atomic mass is 35.5. The zero-order chi connectivity index (χ0) is 22.3. The summed E-state index contributed by atoms with van der Waals surface area (Å²) < 4.78 is 0. The molecular weight excluding hydrogens is 428 g/mol. The van der Waals surface area contributed by atoms with Crippen molar-refractivity contribution in [3.8, 4) is 0 Å². The maximum atomic E-state index is 13.4. The summed E-state index contributed by atoms with van der Waals surface area (Å²) in [6, 6.07) is 16.7. The molecule has 0 bridgehead atoms. The Morgan fingerprint density at radius 2 is 1.68 bits per heavy atom. The smallest absolute Gasteiger partial charge is 0.282 e. The molecule has 0 saturated carbocycles. The van der Waals surface area contributed by atoms with E-state index in [9.17, 15) is 9.59 Å². The van der Waals surface area contributed by atoms with Gasteiger partial charge in [-0.05, 0) is 65.2 Å². The summed E-state index contributed by atoms with van der Waals surface area (Å²) in [5.74, 6) is -0.698. The number of carbonyl (C=O) groups excluding carboxylic acids is 2. The highest BCUT2D eigenvalue weighted by molar-refractivity contribution is 7.11. The van der Waals surface area contributed by atoms with Crippen LogP contribution in [0.15, 0.2) is 65.7 Å². The van der Waals surface area contributed by atoms with Crippen LogP contribution < -0.4 is 10.2 Å². The standard InChI is InChI=1S/C25H23ClN2O2S/c1-15-14-17(26)9-12-19(15)27-22-21(20-6-5-13-31-20)23(29)28(24(22)30)18-10-7-16(8-11-18)25(2,3)4/h5-14,27H,1-4H3. The van der Waals surface area contributed by atoms with E-state index in [1.165, 1.54) is 16.2 Å². The first kappa shape index (κ1) is 21.3. The zero-order valence-corrected chi connectivity index (χ0v) is 19.4. The van der Waals surface area contributed by atoms with Gasteiger partial charge in [0.2, 0.25) is 0 Å². The Morgan fingerprint density at radius 3 is 2.26 bits per heavy atom. The van der Waals surface area contributed by atoms with Crippen LogP contribution in [0.4, 0.5) is 11.4 Å². The normalized spacial score (nSPS) is 14.5. The predicted octanol–water partition coefficient (Wildman–Crippen LogP) is 6.40. The van der Waals surface area contributed by atoms with Crippen molar-refractivity contribution >= 4 is 51.7 Å². The number of hydrogen-bond donors (Lipinski definition) is 1. The Hall–Kier alpha value is -2.89. The number of imide groups is 1. The molecule has 0 aliphatic carbocycles. The molecule has 0 fully saturated rings. The molecule has 2 amide bonds. The summed E-state index contributed by atoms with van der Waals surface area (Å²) in [6.45, 7) is 8.28. The van der Waals surface area contributed by atoms with E-state index in [1.54, 1.807) is 6.07 Å². The number of carbonyl (C=O) groups is 2. The van der Waals surface area contributed by atoms with Gasteiger partial charge in [0.1, 0.15) is 5.70 Å². The molecular formula is C25H23ClN2O2S. The second-order valence-corrected chi connectivity index (χ2v) is 9.94. The van der Waals surface area contributed by atoms with Crippen LogP contribution in [0.25, 0.3) is 5.57 Å². The van der Waals surface area contributed by atoms with Crippen LogP contribution in [0, 0.1) is 6.92 Å². The van der Waals surface area contributed by atoms with E-state index in [1.807, 2.05) is 60.8 Å². The average molecular weight is 451 g/mol. The van der Waals surface area contributed by atoms with E-state index in [2.05, 4.69) is 26.1 Å². The lowest BCUT2D eigenvalue weighted by molar-refractivity contribution is -0.120. The molecule has 1 N–H and O–H groups in total. The number of benzene rings is 2. The summed E-state index contributed by atoms with van der Waals surface area (Å²) in [7, 11) is 0. The topological polar surface area (TPSA) is 49.4 Å². The van der Waals surface area contributed by atoms with E-state index < -0.39 is 0 Å². The minimum absolute atomic E-state index is 0.0171. The average Bonchev–Trinajstić information content (AvgIpc) is 3.30. The van der Waals surface area contributed by atoms with Gasteiger partial charge in [-0.3, -0.25) is 9.59 Å². The van der Waals surface area contributed by atoms with E-state index >= 15 is 0 Å². The number of anilines is 2. The molecule has 31 heavy (non-hydrogen) atoms. The third kappa shape index (κ3) is 4.03. The van der Waals surface area contributed by atoms with Crippen molar-refractivity contribution in [1.82, 2.24) is 0 Å². The third-order valence-electron chi connectivity index (χ3n) is 5.29. The lowest BCUT2D eigenvalue weighted by Crippen LogP contribution is -2.32. The number of nitrogens with one attached hydrogen (secondary N) is 1. The molecule has 2 aromatic carbocycles. The van der Waals surface area contributed by atoms with Crippen LogP contribution in [-0.4, -0.2) is 11.8 Å². The SMILES string of the molecule is Cc1cc(Cl)ccc1NC1=C(c2cccs2)C(=O)N(c2ccc(C(C)(C)C)cc2)C1=O. The summed E-state index contributed by atoms with van der Waals surface area (Å²) >= 11 is 7.51. The van der Waals surface area contributed by atoms with Gasteiger partial charge < -0.3 is 5.32 Å². The van der Waals surface area contributed by atoms with E-state index in [4.69, 9.17) is 11.6 Å². The third-order valence-corrected chi connectivity index (χ3v) is 6.41. The van der Waals surface area contributed by atoms with Crippen LogP contribution in [-0.2, 0) is 15.0 Å². The first-order valence-corrected chi connectivity index (χ1v) is 11.2. The molecule has 1 aromatic heterocycles. The van der Waals surface area contributed by atoms with Crippen LogP contribution >= 0.6 is 22.9 Å². The van der Waals surface area contributed by atoms with E-state index in [-0.39, 0.29) is 22.9 Å². The van der Waals surface area contributed by atoms with Gasteiger partial charge in [-0.25, -0.2) is 4.90 Å². The Labute approximate surface area is 191 Å². The molecule has 1 aliphatic heterocycles. The molecule has 6 heteroatoms. The highest BCUT2D eigenvalue weighted by Crippen LogP contribution is 2.36. The van der Waals surface area contributed by atoms with Crippen molar-refractivity contribution in [2.24, 2.45) is 0 Å². The van der Waals surface area contributed by atoms with Gasteiger partial charge in [-0.15, -0.1) is 11.3 Å². The molecule has 0 unspecified atom stereocenters. The second kappa shape index (κ2) is 7.98. The number of hydrogen-bond acceptors (Lipinski definition) is 4. The lowest BCUT2D eigenvalue weighted by Gasteiger charge is -2.21. The fraction of sp³-hybridized carbons (Fsp3) is 0.200. The van der Waals surface area contributed by atoms with Crippen molar-refractivity contribution in [1.29, 1.82) is 0 Å². The fourth-order valence-electron chi connectivity index (χ4n) is 3.54. The molecule has 0 saturated heterocycles. The van der Waals surface area contributed by atoms with Gasteiger partial charge in [0.15, 0.2) is 0 Å². The zero-order valence-electron chi connectivity index (χ0n) is 17.8. The number of aryl methyl sites for hydroxylation is 1. The molecule has 4 rings (SSSR count). The summed E-state index contributed by atoms with van der Waals surface area (Å²) in [5, 5.41) is 5.72. The Balaban J connectivity index is 1.76. The molecule has 4 nitrogen and oxygen atoms in total. The molecule has 2 heterocycles. The van der Waals surface area contributed by atoms with Gasteiger partial charge in [0.05, 0.1) is 11.3 Å². The largest absolute Gasteiger partial charge is 0.350 e. The quantitative estimate of drug-likeness (QED) is 0.467. The number of nitrogens with zero attached hydrogens (tertiary/aromatic N) is 1. The Kier molecular flexibility index (Phi) is 5.50. The first-order valence-electron chi connectivity index (χ1n) is 9.97. The maximum Gasteiger partial charge on any atom is 0.282 e. The molecule has 158 valence electrons.